The first-order chi connectivity index (χ1) is 6.37. The van der Waals surface area contributed by atoms with Crippen LogP contribution in [0.2, 0.25) is 0 Å². The summed E-state index contributed by atoms with van der Waals surface area (Å²) < 4.78 is 5.63. The van der Waals surface area contributed by atoms with Gasteiger partial charge in [0.2, 0.25) is 0 Å². The van der Waals surface area contributed by atoms with Gasteiger partial charge in [0, 0.05) is 12.6 Å². The second-order valence-corrected chi connectivity index (χ2v) is 5.09. The average molecular weight is 201 g/mol. The Bertz CT molecular complexity index is 140. The van der Waals surface area contributed by atoms with Gasteiger partial charge in [0.25, 0.3) is 0 Å². The Balaban J connectivity index is 3.45. The fraction of sp³-hybridized carbons (Fsp3) is 1.00. The zero-order valence-corrected chi connectivity index (χ0v) is 10.7. The fourth-order valence-electron chi connectivity index (χ4n) is 1.20. The summed E-state index contributed by atoms with van der Waals surface area (Å²) in [5, 5.41) is 3.48. The molecular formula is C12H27NO. The predicted molar refractivity (Wildman–Crippen MR) is 62.6 cm³/mol. The SMILES string of the molecule is CCC(C)C(C)NCCOC(C)(C)C. The van der Waals surface area contributed by atoms with Crippen molar-refractivity contribution in [3.05, 3.63) is 0 Å². The molecule has 0 spiro atoms. The van der Waals surface area contributed by atoms with Crippen molar-refractivity contribution in [2.24, 2.45) is 5.92 Å². The van der Waals surface area contributed by atoms with Crippen molar-refractivity contribution in [3.63, 3.8) is 0 Å². The first-order valence-corrected chi connectivity index (χ1v) is 5.74. The van der Waals surface area contributed by atoms with Crippen LogP contribution in [0.4, 0.5) is 0 Å². The van der Waals surface area contributed by atoms with Crippen molar-refractivity contribution >= 4 is 0 Å². The van der Waals surface area contributed by atoms with Crippen LogP contribution >= 0.6 is 0 Å². The number of nitrogens with one attached hydrogen (secondary N) is 1. The third-order valence-corrected chi connectivity index (χ3v) is 2.60. The maximum atomic E-state index is 5.63. The molecule has 86 valence electrons. The first-order valence-electron chi connectivity index (χ1n) is 5.74. The predicted octanol–water partition coefficient (Wildman–Crippen LogP) is 2.83. The van der Waals surface area contributed by atoms with Crippen molar-refractivity contribution < 1.29 is 4.74 Å². The van der Waals surface area contributed by atoms with Crippen LogP contribution in [0.1, 0.15) is 48.0 Å². The molecule has 0 rings (SSSR count). The Morgan fingerprint density at radius 1 is 1.21 bits per heavy atom. The number of hydrogen-bond acceptors (Lipinski definition) is 2. The molecule has 0 aromatic rings. The highest BCUT2D eigenvalue weighted by Crippen LogP contribution is 2.07. The van der Waals surface area contributed by atoms with Crippen LogP contribution in [0.5, 0.6) is 0 Å². The molecule has 0 bridgehead atoms. The number of rotatable bonds is 6. The van der Waals surface area contributed by atoms with E-state index in [1.807, 2.05) is 0 Å². The first kappa shape index (κ1) is 13.9. The molecule has 0 aliphatic rings. The number of ether oxygens (including phenoxy) is 1. The lowest BCUT2D eigenvalue weighted by molar-refractivity contribution is -0.00194. The third kappa shape index (κ3) is 7.34. The molecule has 0 aliphatic carbocycles. The van der Waals surface area contributed by atoms with E-state index in [-0.39, 0.29) is 5.60 Å². The van der Waals surface area contributed by atoms with Gasteiger partial charge in [0.05, 0.1) is 12.2 Å². The smallest absolute Gasteiger partial charge is 0.0599 e. The largest absolute Gasteiger partial charge is 0.375 e. The summed E-state index contributed by atoms with van der Waals surface area (Å²) in [6.07, 6.45) is 1.23. The van der Waals surface area contributed by atoms with E-state index >= 15 is 0 Å². The molecule has 2 nitrogen and oxygen atoms in total. The topological polar surface area (TPSA) is 21.3 Å². The van der Waals surface area contributed by atoms with Gasteiger partial charge in [0.15, 0.2) is 0 Å². The Morgan fingerprint density at radius 2 is 1.79 bits per heavy atom. The molecule has 1 N–H and O–H groups in total. The summed E-state index contributed by atoms with van der Waals surface area (Å²) >= 11 is 0. The summed E-state index contributed by atoms with van der Waals surface area (Å²) in [7, 11) is 0. The lowest BCUT2D eigenvalue weighted by Crippen LogP contribution is -2.35. The van der Waals surface area contributed by atoms with Gasteiger partial charge in [-0.25, -0.2) is 0 Å². The molecule has 0 fully saturated rings. The van der Waals surface area contributed by atoms with E-state index in [4.69, 9.17) is 4.74 Å². The summed E-state index contributed by atoms with van der Waals surface area (Å²) in [6.45, 7) is 14.8. The van der Waals surface area contributed by atoms with Gasteiger partial charge in [-0.15, -0.1) is 0 Å². The van der Waals surface area contributed by atoms with Crippen LogP contribution in [0.25, 0.3) is 0 Å². The highest BCUT2D eigenvalue weighted by atomic mass is 16.5. The summed E-state index contributed by atoms with van der Waals surface area (Å²) in [6, 6.07) is 0.587. The highest BCUT2D eigenvalue weighted by Gasteiger charge is 2.11. The highest BCUT2D eigenvalue weighted by molar-refractivity contribution is 4.67. The van der Waals surface area contributed by atoms with Crippen LogP contribution in [-0.4, -0.2) is 24.8 Å². The van der Waals surface area contributed by atoms with E-state index in [1.54, 1.807) is 0 Å². The van der Waals surface area contributed by atoms with Gasteiger partial charge < -0.3 is 10.1 Å². The standard InChI is InChI=1S/C12H27NO/c1-7-10(2)11(3)13-8-9-14-12(4,5)6/h10-11,13H,7-9H2,1-6H3. The molecule has 2 atom stereocenters. The zero-order chi connectivity index (χ0) is 11.2. The molecule has 0 heterocycles. The Labute approximate surface area is 89.4 Å². The second-order valence-electron chi connectivity index (χ2n) is 5.09. The van der Waals surface area contributed by atoms with Gasteiger partial charge in [-0.05, 0) is 33.6 Å². The van der Waals surface area contributed by atoms with Gasteiger partial charge >= 0.3 is 0 Å². The Morgan fingerprint density at radius 3 is 2.21 bits per heavy atom. The lowest BCUT2D eigenvalue weighted by atomic mass is 10.0. The van der Waals surface area contributed by atoms with Gasteiger partial charge in [0.1, 0.15) is 0 Å². The van der Waals surface area contributed by atoms with E-state index in [1.165, 1.54) is 6.42 Å². The molecular weight excluding hydrogens is 174 g/mol. The Kier molecular flexibility index (Phi) is 6.38. The van der Waals surface area contributed by atoms with Crippen LogP contribution in [0, 0.1) is 5.92 Å². The second kappa shape index (κ2) is 6.41. The average Bonchev–Trinajstić information content (AvgIpc) is 2.09. The molecule has 0 amide bonds. The quantitative estimate of drug-likeness (QED) is 0.667. The minimum Gasteiger partial charge on any atom is -0.375 e. The lowest BCUT2D eigenvalue weighted by Gasteiger charge is -2.23. The van der Waals surface area contributed by atoms with Crippen LogP contribution in [0.3, 0.4) is 0 Å². The monoisotopic (exact) mass is 201 g/mol. The molecule has 0 aromatic carbocycles. The molecule has 0 saturated carbocycles. The minimum absolute atomic E-state index is 0.0126. The molecule has 14 heavy (non-hydrogen) atoms. The maximum Gasteiger partial charge on any atom is 0.0599 e. The van der Waals surface area contributed by atoms with Crippen molar-refractivity contribution in [3.8, 4) is 0 Å². The van der Waals surface area contributed by atoms with Gasteiger partial charge in [-0.1, -0.05) is 20.3 Å². The molecule has 0 aromatic heterocycles. The van der Waals surface area contributed by atoms with Crippen LogP contribution in [0.15, 0.2) is 0 Å². The van der Waals surface area contributed by atoms with Gasteiger partial charge in [-0.3, -0.25) is 0 Å². The van der Waals surface area contributed by atoms with Crippen molar-refractivity contribution in [2.75, 3.05) is 13.2 Å². The zero-order valence-electron chi connectivity index (χ0n) is 10.7. The fourth-order valence-corrected chi connectivity index (χ4v) is 1.20. The van der Waals surface area contributed by atoms with E-state index < -0.39 is 0 Å². The van der Waals surface area contributed by atoms with E-state index in [0.29, 0.717) is 6.04 Å². The Hall–Kier alpha value is -0.0800. The van der Waals surface area contributed by atoms with Gasteiger partial charge in [-0.2, -0.15) is 0 Å². The van der Waals surface area contributed by atoms with Crippen LogP contribution < -0.4 is 5.32 Å². The molecule has 0 aliphatic heterocycles. The molecule has 0 radical (unpaired) electrons. The van der Waals surface area contributed by atoms with Crippen molar-refractivity contribution in [2.45, 2.75) is 59.6 Å². The number of hydrogen-bond donors (Lipinski definition) is 1. The molecule has 2 heteroatoms. The third-order valence-electron chi connectivity index (χ3n) is 2.60. The summed E-state index contributed by atoms with van der Waals surface area (Å²) in [5.41, 5.74) is -0.0126. The minimum atomic E-state index is -0.0126. The maximum absolute atomic E-state index is 5.63. The molecule has 2 unspecified atom stereocenters. The summed E-state index contributed by atoms with van der Waals surface area (Å²) in [4.78, 5) is 0. The van der Waals surface area contributed by atoms with Crippen molar-refractivity contribution in [1.82, 2.24) is 5.32 Å². The normalized spacial score (nSPS) is 16.7. The van der Waals surface area contributed by atoms with E-state index in [0.717, 1.165) is 19.1 Å². The van der Waals surface area contributed by atoms with Crippen LogP contribution in [-0.2, 0) is 4.74 Å². The summed E-state index contributed by atoms with van der Waals surface area (Å²) in [5.74, 6) is 0.740. The molecule has 0 saturated heterocycles. The van der Waals surface area contributed by atoms with E-state index in [2.05, 4.69) is 46.9 Å². The van der Waals surface area contributed by atoms with E-state index in [9.17, 15) is 0 Å². The van der Waals surface area contributed by atoms with Crippen molar-refractivity contribution in [1.29, 1.82) is 0 Å².